The normalized spacial score (nSPS) is 18.4. The number of aromatic nitrogens is 1. The number of carbonyl (C=O) groups is 1. The van der Waals surface area contributed by atoms with Gasteiger partial charge in [-0.05, 0) is 42.7 Å². The molecule has 5 rings (SSSR count). The molecule has 2 heterocycles. The van der Waals surface area contributed by atoms with Crippen molar-refractivity contribution in [2.45, 2.75) is 23.2 Å². The van der Waals surface area contributed by atoms with Gasteiger partial charge in [0.2, 0.25) is 15.9 Å². The lowest BCUT2D eigenvalue weighted by molar-refractivity contribution is -0.135. The molecule has 2 fully saturated rings. The van der Waals surface area contributed by atoms with Crippen LogP contribution in [0.1, 0.15) is 18.4 Å². The SMILES string of the molecule is COc1ccc(C2(C(=O)N3CCN(S(=O)(=O)c4ccc5c(c4)oc(=O)n5C)CC3)CC2)cc1. The van der Waals surface area contributed by atoms with Crippen LogP contribution >= 0.6 is 0 Å². The van der Waals surface area contributed by atoms with Crippen LogP contribution in [0.2, 0.25) is 0 Å². The summed E-state index contributed by atoms with van der Waals surface area (Å²) < 4.78 is 39.4. The fraction of sp³-hybridized carbons (Fsp3) is 0.391. The van der Waals surface area contributed by atoms with Crippen molar-refractivity contribution in [3.63, 3.8) is 0 Å². The molecule has 33 heavy (non-hydrogen) atoms. The molecule has 0 radical (unpaired) electrons. The van der Waals surface area contributed by atoms with Crippen LogP contribution in [0.25, 0.3) is 11.1 Å². The van der Waals surface area contributed by atoms with E-state index in [1.807, 2.05) is 24.3 Å². The average molecular weight is 472 g/mol. The molecule has 1 saturated heterocycles. The molecule has 3 aromatic rings. The van der Waals surface area contributed by atoms with Crippen molar-refractivity contribution in [1.82, 2.24) is 13.8 Å². The molecule has 0 bridgehead atoms. The van der Waals surface area contributed by atoms with Crippen LogP contribution in [-0.4, -0.2) is 61.4 Å². The number of fused-ring (bicyclic) bond motifs is 1. The van der Waals surface area contributed by atoms with Crippen LogP contribution in [0.15, 0.2) is 56.6 Å². The molecule has 1 aliphatic carbocycles. The van der Waals surface area contributed by atoms with Crippen molar-refractivity contribution < 1.29 is 22.4 Å². The summed E-state index contributed by atoms with van der Waals surface area (Å²) in [6, 6.07) is 12.0. The maximum Gasteiger partial charge on any atom is 0.419 e. The molecule has 1 saturated carbocycles. The molecule has 9 nitrogen and oxygen atoms in total. The summed E-state index contributed by atoms with van der Waals surface area (Å²) in [4.78, 5) is 26.9. The predicted octanol–water partition coefficient (Wildman–Crippen LogP) is 1.70. The monoisotopic (exact) mass is 471 g/mol. The maximum absolute atomic E-state index is 13.3. The Morgan fingerprint density at radius 1 is 1.03 bits per heavy atom. The number of nitrogens with zero attached hydrogens (tertiary/aromatic N) is 3. The summed E-state index contributed by atoms with van der Waals surface area (Å²) in [6.45, 7) is 1.09. The van der Waals surface area contributed by atoms with Gasteiger partial charge in [-0.2, -0.15) is 4.31 Å². The zero-order chi connectivity index (χ0) is 23.4. The van der Waals surface area contributed by atoms with Gasteiger partial charge in [0.1, 0.15) is 5.75 Å². The summed E-state index contributed by atoms with van der Waals surface area (Å²) >= 11 is 0. The lowest BCUT2D eigenvalue weighted by atomic mass is 9.94. The van der Waals surface area contributed by atoms with Crippen molar-refractivity contribution in [1.29, 1.82) is 0 Å². The minimum atomic E-state index is -3.78. The third kappa shape index (κ3) is 3.53. The Balaban J connectivity index is 1.30. The molecule has 0 spiro atoms. The van der Waals surface area contributed by atoms with Gasteiger partial charge in [-0.3, -0.25) is 9.36 Å². The maximum atomic E-state index is 13.3. The highest BCUT2D eigenvalue weighted by Crippen LogP contribution is 2.50. The van der Waals surface area contributed by atoms with Gasteiger partial charge in [0, 0.05) is 39.3 Å². The number of sulfonamides is 1. The second-order valence-corrected chi connectivity index (χ2v) is 10.5. The van der Waals surface area contributed by atoms with Gasteiger partial charge in [-0.15, -0.1) is 0 Å². The van der Waals surface area contributed by atoms with Crippen molar-refractivity contribution >= 4 is 27.0 Å². The number of benzene rings is 2. The van der Waals surface area contributed by atoms with Crippen molar-refractivity contribution in [2.75, 3.05) is 33.3 Å². The molecular weight excluding hydrogens is 446 g/mol. The Hall–Kier alpha value is -3.11. The zero-order valence-electron chi connectivity index (χ0n) is 18.5. The molecule has 1 amide bonds. The fourth-order valence-corrected chi connectivity index (χ4v) is 5.96. The number of carbonyl (C=O) groups excluding carboxylic acids is 1. The molecule has 0 N–H and O–H groups in total. The van der Waals surface area contributed by atoms with E-state index in [-0.39, 0.29) is 29.5 Å². The Bertz CT molecular complexity index is 1380. The highest BCUT2D eigenvalue weighted by molar-refractivity contribution is 7.89. The van der Waals surface area contributed by atoms with Crippen molar-refractivity contribution in [2.24, 2.45) is 7.05 Å². The molecule has 1 aliphatic heterocycles. The number of ether oxygens (including phenoxy) is 1. The molecule has 1 aromatic heterocycles. The standard InChI is InChI=1S/C23H25N3O6S/c1-24-19-8-7-18(15-20(19)32-22(24)28)33(29,30)26-13-11-25(12-14-26)21(27)23(9-10-23)16-3-5-17(31-2)6-4-16/h3-8,15H,9-14H2,1-2H3. The lowest BCUT2D eigenvalue weighted by Crippen LogP contribution is -2.52. The van der Waals surface area contributed by atoms with Gasteiger partial charge < -0.3 is 14.1 Å². The van der Waals surface area contributed by atoms with E-state index < -0.39 is 21.2 Å². The van der Waals surface area contributed by atoms with E-state index in [1.165, 1.54) is 21.0 Å². The van der Waals surface area contributed by atoms with Gasteiger partial charge in [-0.25, -0.2) is 13.2 Å². The average Bonchev–Trinajstić information content (AvgIpc) is 3.60. The van der Waals surface area contributed by atoms with E-state index in [1.54, 1.807) is 25.1 Å². The first kappa shape index (κ1) is 21.7. The summed E-state index contributed by atoms with van der Waals surface area (Å²) in [5.74, 6) is 0.253. The second-order valence-electron chi connectivity index (χ2n) is 8.56. The van der Waals surface area contributed by atoms with Crippen LogP contribution in [0, 0.1) is 0 Å². The van der Waals surface area contributed by atoms with E-state index in [0.717, 1.165) is 24.2 Å². The van der Waals surface area contributed by atoms with Gasteiger partial charge >= 0.3 is 5.76 Å². The number of hydrogen-bond acceptors (Lipinski definition) is 6. The van der Waals surface area contributed by atoms with Crippen molar-refractivity contribution in [3.05, 3.63) is 58.6 Å². The van der Waals surface area contributed by atoms with Crippen LogP contribution in [0.4, 0.5) is 0 Å². The quantitative estimate of drug-likeness (QED) is 0.561. The van der Waals surface area contributed by atoms with E-state index >= 15 is 0 Å². The van der Waals surface area contributed by atoms with Gasteiger partial charge in [0.05, 0.1) is 22.9 Å². The highest BCUT2D eigenvalue weighted by atomic mass is 32.2. The first-order chi connectivity index (χ1) is 15.8. The summed E-state index contributed by atoms with van der Waals surface area (Å²) in [5, 5.41) is 0. The molecule has 0 atom stereocenters. The van der Waals surface area contributed by atoms with E-state index in [2.05, 4.69) is 0 Å². The van der Waals surface area contributed by atoms with Crippen LogP contribution in [0.5, 0.6) is 5.75 Å². The Morgan fingerprint density at radius 2 is 1.70 bits per heavy atom. The molecule has 174 valence electrons. The third-order valence-electron chi connectivity index (χ3n) is 6.73. The first-order valence-corrected chi connectivity index (χ1v) is 12.2. The van der Waals surface area contributed by atoms with Gasteiger partial charge in [0.15, 0.2) is 5.58 Å². The molecule has 10 heteroatoms. The fourth-order valence-electron chi connectivity index (χ4n) is 4.52. The summed E-state index contributed by atoms with van der Waals surface area (Å²) in [7, 11) is -0.604. The predicted molar refractivity (Wildman–Crippen MR) is 121 cm³/mol. The number of rotatable bonds is 5. The van der Waals surface area contributed by atoms with E-state index in [0.29, 0.717) is 18.6 Å². The van der Waals surface area contributed by atoms with Crippen molar-refractivity contribution in [3.8, 4) is 5.75 Å². The minimum Gasteiger partial charge on any atom is -0.497 e. The smallest absolute Gasteiger partial charge is 0.419 e. The number of oxazole rings is 1. The Morgan fingerprint density at radius 3 is 2.30 bits per heavy atom. The molecule has 2 aromatic carbocycles. The molecule has 0 unspecified atom stereocenters. The number of aryl methyl sites for hydroxylation is 1. The largest absolute Gasteiger partial charge is 0.497 e. The van der Waals surface area contributed by atoms with Crippen LogP contribution in [0.3, 0.4) is 0 Å². The summed E-state index contributed by atoms with van der Waals surface area (Å²) in [6.07, 6.45) is 1.58. The van der Waals surface area contributed by atoms with E-state index in [9.17, 15) is 18.0 Å². The Labute approximate surface area is 191 Å². The molecular formula is C23H25N3O6S. The summed E-state index contributed by atoms with van der Waals surface area (Å²) in [5.41, 5.74) is 1.22. The van der Waals surface area contributed by atoms with Gasteiger partial charge in [0.25, 0.3) is 0 Å². The molecule has 2 aliphatic rings. The van der Waals surface area contributed by atoms with Crippen LogP contribution in [-0.2, 0) is 27.3 Å². The number of methoxy groups -OCH3 is 1. The topological polar surface area (TPSA) is 102 Å². The number of hydrogen-bond donors (Lipinski definition) is 0. The third-order valence-corrected chi connectivity index (χ3v) is 8.62. The van der Waals surface area contributed by atoms with E-state index in [4.69, 9.17) is 9.15 Å². The van der Waals surface area contributed by atoms with Gasteiger partial charge in [-0.1, -0.05) is 12.1 Å². The lowest BCUT2D eigenvalue weighted by Gasteiger charge is -2.36. The Kier molecular flexibility index (Phi) is 5.09. The van der Waals surface area contributed by atoms with Crippen LogP contribution < -0.4 is 10.5 Å². The highest BCUT2D eigenvalue weighted by Gasteiger charge is 2.53. The number of piperazine rings is 1. The second kappa shape index (κ2) is 7.74. The minimum absolute atomic E-state index is 0.0530. The first-order valence-electron chi connectivity index (χ1n) is 10.8. The number of amides is 1. The zero-order valence-corrected chi connectivity index (χ0v) is 19.3.